The first kappa shape index (κ1) is 44.5. The molecule has 0 bridgehead atoms. The fourth-order valence-corrected chi connectivity index (χ4v) is 6.90. The molecule has 6 atom stereocenters. The molecule has 0 spiro atoms. The van der Waals surface area contributed by atoms with Crippen molar-refractivity contribution >= 4 is 57.1 Å². The number of fused-ring (bicyclic) bond motifs is 2. The van der Waals surface area contributed by atoms with Crippen molar-refractivity contribution in [1.29, 1.82) is 0 Å². The number of aromatic amines is 1. The number of hydrogen-bond donors (Lipinski definition) is 9. The highest BCUT2D eigenvalue weighted by Crippen LogP contribution is 2.20. The molecule has 316 valence electrons. The number of primary amides is 1. The van der Waals surface area contributed by atoms with Crippen molar-refractivity contribution in [3.8, 4) is 0 Å². The van der Waals surface area contributed by atoms with Crippen LogP contribution in [0, 0.1) is 0 Å². The van der Waals surface area contributed by atoms with Crippen molar-refractivity contribution in [2.75, 3.05) is 6.54 Å². The highest BCUT2D eigenvalue weighted by molar-refractivity contribution is 5.97. The highest BCUT2D eigenvalue weighted by Gasteiger charge is 2.32. The van der Waals surface area contributed by atoms with E-state index >= 15 is 0 Å². The van der Waals surface area contributed by atoms with Crippen LogP contribution in [0.2, 0.25) is 0 Å². The van der Waals surface area contributed by atoms with E-state index in [4.69, 9.17) is 17.2 Å². The molecular formula is C45H55N9O6. The maximum absolute atomic E-state index is 14.3. The van der Waals surface area contributed by atoms with Gasteiger partial charge in [0, 0.05) is 36.4 Å². The Morgan fingerprint density at radius 3 is 1.83 bits per heavy atom. The summed E-state index contributed by atoms with van der Waals surface area (Å²) in [4.78, 5) is 84.2. The van der Waals surface area contributed by atoms with Gasteiger partial charge in [0.25, 0.3) is 0 Å². The zero-order chi connectivity index (χ0) is 43.2. The van der Waals surface area contributed by atoms with Crippen LogP contribution in [0.15, 0.2) is 103 Å². The van der Waals surface area contributed by atoms with Crippen LogP contribution in [0.25, 0.3) is 21.7 Å². The van der Waals surface area contributed by atoms with Gasteiger partial charge in [-0.3, -0.25) is 28.8 Å². The summed E-state index contributed by atoms with van der Waals surface area (Å²) in [5.74, 6) is -3.90. The molecule has 4 aromatic carbocycles. The van der Waals surface area contributed by atoms with Gasteiger partial charge in [0.2, 0.25) is 35.4 Å². The number of hydrogen-bond acceptors (Lipinski definition) is 8. The standard InChI is InChI=1S/C45H55N9O6/c1-27(47)41(56)52-38(24-30-19-20-31-14-6-7-15-32(31)22-30)43(58)50-28(2)42(57)53-39(25-33-26-49-35-17-9-8-16-34(33)35)45(60)54-37(23-29-12-4-3-5-13-29)44(59)51-36(40(48)55)18-10-11-21-46/h3-9,12-17,19-20,22,26-28,36-39,49H,10-11,18,21,23-25,46-47H2,1-2H3,(H2,48,55)(H,50,58)(H,51,59)(H,52,56)(H,53,57)(H,54,60)/t27?,28?,36-,37?,38+,39-/m0/s1. The van der Waals surface area contributed by atoms with E-state index in [0.29, 0.717) is 19.4 Å². The summed E-state index contributed by atoms with van der Waals surface area (Å²) in [6.45, 7) is 3.38. The number of aromatic nitrogens is 1. The number of carbonyl (C=O) groups is 6. The number of nitrogens with one attached hydrogen (secondary N) is 6. The van der Waals surface area contributed by atoms with Gasteiger partial charge in [-0.2, -0.15) is 0 Å². The molecule has 0 aliphatic heterocycles. The molecule has 12 N–H and O–H groups in total. The molecule has 15 heteroatoms. The normalized spacial score (nSPS) is 14.2. The number of unbranched alkanes of at least 4 members (excludes halogenated alkanes) is 1. The Kier molecular flexibility index (Phi) is 15.9. The third-order valence-electron chi connectivity index (χ3n) is 10.3. The molecule has 3 unspecified atom stereocenters. The van der Waals surface area contributed by atoms with E-state index in [2.05, 4.69) is 31.6 Å². The molecule has 0 aliphatic carbocycles. The molecule has 1 aromatic heterocycles. The van der Waals surface area contributed by atoms with Crippen LogP contribution in [0.5, 0.6) is 0 Å². The van der Waals surface area contributed by atoms with Gasteiger partial charge in [0.1, 0.15) is 30.2 Å². The molecule has 5 aromatic rings. The third-order valence-corrected chi connectivity index (χ3v) is 10.3. The first-order chi connectivity index (χ1) is 28.8. The van der Waals surface area contributed by atoms with Gasteiger partial charge < -0.3 is 48.8 Å². The Balaban J connectivity index is 1.37. The van der Waals surface area contributed by atoms with Gasteiger partial charge in [-0.15, -0.1) is 0 Å². The minimum absolute atomic E-state index is 0.0139. The van der Waals surface area contributed by atoms with Gasteiger partial charge in [0.15, 0.2) is 0 Å². The summed E-state index contributed by atoms with van der Waals surface area (Å²) in [6.07, 6.45) is 3.39. The third kappa shape index (κ3) is 12.5. The van der Waals surface area contributed by atoms with Crippen molar-refractivity contribution < 1.29 is 28.8 Å². The zero-order valence-electron chi connectivity index (χ0n) is 33.9. The number of para-hydroxylation sites is 1. The van der Waals surface area contributed by atoms with Gasteiger partial charge in [0.05, 0.1) is 6.04 Å². The lowest BCUT2D eigenvalue weighted by molar-refractivity contribution is -0.134. The minimum atomic E-state index is -1.23. The van der Waals surface area contributed by atoms with E-state index in [1.165, 1.54) is 13.8 Å². The van der Waals surface area contributed by atoms with E-state index in [1.807, 2.05) is 72.8 Å². The van der Waals surface area contributed by atoms with Crippen molar-refractivity contribution in [1.82, 2.24) is 31.6 Å². The molecule has 1 heterocycles. The van der Waals surface area contributed by atoms with E-state index in [9.17, 15) is 28.8 Å². The number of rotatable bonds is 21. The Hall–Kier alpha value is -6.58. The lowest BCUT2D eigenvalue weighted by atomic mass is 10.0. The maximum atomic E-state index is 14.3. The average molecular weight is 818 g/mol. The second-order valence-electron chi connectivity index (χ2n) is 15.1. The summed E-state index contributed by atoms with van der Waals surface area (Å²) in [7, 11) is 0. The number of nitrogens with two attached hydrogens (primary N) is 3. The molecule has 5 rings (SSSR count). The molecule has 60 heavy (non-hydrogen) atoms. The van der Waals surface area contributed by atoms with E-state index in [1.54, 1.807) is 30.5 Å². The van der Waals surface area contributed by atoms with Gasteiger partial charge in [-0.05, 0) is 73.2 Å². The van der Waals surface area contributed by atoms with Crippen molar-refractivity contribution in [2.24, 2.45) is 17.2 Å². The fourth-order valence-electron chi connectivity index (χ4n) is 6.90. The topological polar surface area (TPSA) is 256 Å². The first-order valence-electron chi connectivity index (χ1n) is 20.2. The molecule has 0 aliphatic rings. The first-order valence-corrected chi connectivity index (χ1v) is 20.2. The van der Waals surface area contributed by atoms with Gasteiger partial charge in [-0.25, -0.2) is 0 Å². The molecular weight excluding hydrogens is 763 g/mol. The smallest absolute Gasteiger partial charge is 0.243 e. The Morgan fingerprint density at radius 2 is 1.15 bits per heavy atom. The van der Waals surface area contributed by atoms with E-state index in [-0.39, 0.29) is 25.7 Å². The lowest BCUT2D eigenvalue weighted by Crippen LogP contribution is -2.59. The predicted molar refractivity (Wildman–Crippen MR) is 231 cm³/mol. The molecule has 15 nitrogen and oxygen atoms in total. The van der Waals surface area contributed by atoms with Crippen molar-refractivity contribution in [3.63, 3.8) is 0 Å². The number of benzene rings is 4. The monoisotopic (exact) mass is 817 g/mol. The van der Waals surface area contributed by atoms with E-state index < -0.39 is 71.7 Å². The number of carbonyl (C=O) groups excluding carboxylic acids is 6. The average Bonchev–Trinajstić information content (AvgIpc) is 3.65. The minimum Gasteiger partial charge on any atom is -0.368 e. The zero-order valence-corrected chi connectivity index (χ0v) is 33.9. The van der Waals surface area contributed by atoms with Crippen molar-refractivity contribution in [2.45, 2.75) is 88.6 Å². The summed E-state index contributed by atoms with van der Waals surface area (Å²) in [5, 5.41) is 16.5. The molecule has 0 saturated heterocycles. The Bertz CT molecular complexity index is 2280. The van der Waals surface area contributed by atoms with Crippen LogP contribution >= 0.6 is 0 Å². The summed E-state index contributed by atoms with van der Waals surface area (Å²) in [5.41, 5.74) is 20.2. The summed E-state index contributed by atoms with van der Waals surface area (Å²) < 4.78 is 0. The molecule has 0 fully saturated rings. The van der Waals surface area contributed by atoms with Crippen LogP contribution in [-0.2, 0) is 48.0 Å². The van der Waals surface area contributed by atoms with Gasteiger partial charge >= 0.3 is 0 Å². The Morgan fingerprint density at radius 1 is 0.583 bits per heavy atom. The summed E-state index contributed by atoms with van der Waals surface area (Å²) >= 11 is 0. The quantitative estimate of drug-likeness (QED) is 0.0492. The molecule has 0 radical (unpaired) electrons. The van der Waals surface area contributed by atoms with Crippen LogP contribution < -0.4 is 43.8 Å². The predicted octanol–water partition coefficient (Wildman–Crippen LogP) is 1.75. The molecule has 0 saturated carbocycles. The van der Waals surface area contributed by atoms with Crippen LogP contribution in [-0.4, -0.2) is 83.2 Å². The van der Waals surface area contributed by atoms with Crippen molar-refractivity contribution in [3.05, 3.63) is 120 Å². The highest BCUT2D eigenvalue weighted by atomic mass is 16.2. The number of H-pyrrole nitrogens is 1. The largest absolute Gasteiger partial charge is 0.368 e. The maximum Gasteiger partial charge on any atom is 0.243 e. The lowest BCUT2D eigenvalue weighted by Gasteiger charge is -2.26. The second-order valence-corrected chi connectivity index (χ2v) is 15.1. The molecule has 6 amide bonds. The Labute approximate surface area is 349 Å². The SMILES string of the molecule is CC(N)C(=O)N[C@H](Cc1ccc2ccccc2c1)C(=O)NC(C)C(=O)N[C@@H](Cc1c[nH]c2ccccc12)C(=O)NC(Cc1ccccc1)C(=O)N[C@@H](CCCCN)C(N)=O. The van der Waals surface area contributed by atoms with Crippen LogP contribution in [0.4, 0.5) is 0 Å². The van der Waals surface area contributed by atoms with E-state index in [0.717, 1.165) is 38.4 Å². The summed E-state index contributed by atoms with van der Waals surface area (Å²) in [6, 6.07) is 23.4. The fraction of sp³-hybridized carbons (Fsp3) is 0.333. The number of amides is 6. The van der Waals surface area contributed by atoms with Crippen LogP contribution in [0.1, 0.15) is 49.8 Å². The van der Waals surface area contributed by atoms with Gasteiger partial charge in [-0.1, -0.05) is 91.0 Å². The second kappa shape index (κ2) is 21.4. The van der Waals surface area contributed by atoms with Crippen LogP contribution in [0.3, 0.4) is 0 Å².